The summed E-state index contributed by atoms with van der Waals surface area (Å²) < 4.78 is 0. The van der Waals surface area contributed by atoms with Crippen molar-refractivity contribution in [1.29, 1.82) is 0 Å². The quantitative estimate of drug-likeness (QED) is 0.418. The van der Waals surface area contributed by atoms with Crippen molar-refractivity contribution in [3.63, 3.8) is 0 Å². The van der Waals surface area contributed by atoms with Crippen molar-refractivity contribution < 1.29 is 37.5 Å². The largest absolute Gasteiger partial charge is 2.00 e. The maximum Gasteiger partial charge on any atom is 2.00 e. The molecular formula is C10H12CuN4O4-2. The molecule has 8 nitrogen and oxygen atoms in total. The zero-order valence-corrected chi connectivity index (χ0v) is 10.9. The van der Waals surface area contributed by atoms with Gasteiger partial charge in [0.25, 0.3) is 0 Å². The zero-order chi connectivity index (χ0) is 13.4. The summed E-state index contributed by atoms with van der Waals surface area (Å²) >= 11 is 0. The summed E-state index contributed by atoms with van der Waals surface area (Å²) in [6, 6.07) is 0. The Bertz CT molecular complexity index is 368. The van der Waals surface area contributed by atoms with Crippen LogP contribution in [0.3, 0.4) is 0 Å². The summed E-state index contributed by atoms with van der Waals surface area (Å²) in [7, 11) is 0. The third-order valence-electron chi connectivity index (χ3n) is 2.01. The topological polar surface area (TPSA) is 142 Å². The molecule has 109 valence electrons. The van der Waals surface area contributed by atoms with E-state index in [2.05, 4.69) is 20.0 Å². The number of hydrogen-bond donors (Lipinski definition) is 0. The minimum absolute atomic E-state index is 0. The smallest absolute Gasteiger partial charge is 0.862 e. The van der Waals surface area contributed by atoms with Gasteiger partial charge in [0.1, 0.15) is 0 Å². The molecule has 0 aliphatic carbocycles. The van der Waals surface area contributed by atoms with Gasteiger partial charge in [-0.05, 0) is 36.4 Å². The molecule has 1 rings (SSSR count). The van der Waals surface area contributed by atoms with Crippen LogP contribution < -0.4 is 20.4 Å². The molecule has 1 heterocycles. The van der Waals surface area contributed by atoms with E-state index in [1.54, 1.807) is 0 Å². The second-order valence-corrected chi connectivity index (χ2v) is 3.47. The average Bonchev–Trinajstić information content (AvgIpc) is 2.33. The molecule has 0 fully saturated rings. The van der Waals surface area contributed by atoms with Crippen molar-refractivity contribution in [3.05, 3.63) is 0 Å². The average molecular weight is 316 g/mol. The molecule has 0 aromatic rings. The van der Waals surface area contributed by atoms with Crippen LogP contribution in [0.25, 0.3) is 0 Å². The van der Waals surface area contributed by atoms with E-state index in [0.29, 0.717) is 0 Å². The molecule has 9 heteroatoms. The molecule has 19 heavy (non-hydrogen) atoms. The van der Waals surface area contributed by atoms with Gasteiger partial charge in [-0.3, -0.25) is 0 Å². The predicted octanol–water partition coefficient (Wildman–Crippen LogP) is -4.19. The Labute approximate surface area is 120 Å². The van der Waals surface area contributed by atoms with Gasteiger partial charge in [-0.15, -0.1) is 0 Å². The zero-order valence-electron chi connectivity index (χ0n) is 9.97. The SMILES string of the molecule is [Cu+2].[O-]C1=NCC([O-])=NCCC([O-])=NCC([O-])=NCC1. The Morgan fingerprint density at radius 1 is 0.579 bits per heavy atom. The standard InChI is InChI=1S/C10H16N4O4.Cu/c15-7-1-3-11-9(17)6-14-8(16)2-4-12-10(18)5-13-7;/h1-6H2,(H,11,17)(H,12,18)(H,13,15)(H,14,16);/q;+2/p-4. The Hall–Kier alpha value is -1.60. The molecule has 1 aliphatic heterocycles. The molecule has 0 atom stereocenters. The molecule has 1 aliphatic rings. The maximum atomic E-state index is 11.1. The van der Waals surface area contributed by atoms with Crippen molar-refractivity contribution in [3.8, 4) is 0 Å². The van der Waals surface area contributed by atoms with Crippen LogP contribution in [-0.4, -0.2) is 49.8 Å². The van der Waals surface area contributed by atoms with Gasteiger partial charge < -0.3 is 40.4 Å². The van der Waals surface area contributed by atoms with Crippen molar-refractivity contribution in [1.82, 2.24) is 0 Å². The molecule has 0 bridgehead atoms. The second-order valence-electron chi connectivity index (χ2n) is 3.47. The summed E-state index contributed by atoms with van der Waals surface area (Å²) in [6.07, 6.45) is -0.0973. The van der Waals surface area contributed by atoms with Crippen LogP contribution >= 0.6 is 0 Å². The minimum Gasteiger partial charge on any atom is -0.862 e. The van der Waals surface area contributed by atoms with Crippen LogP contribution in [0, 0.1) is 0 Å². The van der Waals surface area contributed by atoms with E-state index in [1.807, 2.05) is 0 Å². The Morgan fingerprint density at radius 2 is 0.947 bits per heavy atom. The Morgan fingerprint density at radius 3 is 1.32 bits per heavy atom. The van der Waals surface area contributed by atoms with E-state index >= 15 is 0 Å². The molecule has 0 N–H and O–H groups in total. The fraction of sp³-hybridized carbons (Fsp3) is 0.600. The molecule has 0 aromatic carbocycles. The first-order chi connectivity index (χ1) is 8.58. The van der Waals surface area contributed by atoms with Crippen LogP contribution in [0.1, 0.15) is 12.8 Å². The minimum atomic E-state index is -0.554. The van der Waals surface area contributed by atoms with Crippen molar-refractivity contribution >= 4 is 23.6 Å². The van der Waals surface area contributed by atoms with Gasteiger partial charge >= 0.3 is 17.1 Å². The van der Waals surface area contributed by atoms with Gasteiger partial charge in [0.2, 0.25) is 0 Å². The van der Waals surface area contributed by atoms with Crippen molar-refractivity contribution in [2.45, 2.75) is 12.8 Å². The maximum absolute atomic E-state index is 11.1. The molecule has 0 aromatic heterocycles. The normalized spacial score (nSPS) is 18.9. The molecule has 1 radical (unpaired) electrons. The summed E-state index contributed by atoms with van der Waals surface area (Å²) in [5, 5.41) is 44.5. The van der Waals surface area contributed by atoms with Crippen LogP contribution in [0.2, 0.25) is 0 Å². The molecule has 0 amide bonds. The van der Waals surface area contributed by atoms with Crippen LogP contribution in [0.4, 0.5) is 0 Å². The van der Waals surface area contributed by atoms with Crippen LogP contribution in [-0.2, 0) is 17.1 Å². The van der Waals surface area contributed by atoms with Crippen LogP contribution in [0.5, 0.6) is 0 Å². The van der Waals surface area contributed by atoms with E-state index in [9.17, 15) is 20.4 Å². The first kappa shape index (κ1) is 17.4. The second kappa shape index (κ2) is 9.35. The van der Waals surface area contributed by atoms with Gasteiger partial charge in [-0.1, -0.05) is 0 Å². The molecular weight excluding hydrogens is 304 g/mol. The monoisotopic (exact) mass is 315 g/mol. The molecule has 0 saturated carbocycles. The third-order valence-corrected chi connectivity index (χ3v) is 2.01. The van der Waals surface area contributed by atoms with Gasteiger partial charge in [-0.25, -0.2) is 0 Å². The fourth-order valence-electron chi connectivity index (χ4n) is 1.12. The number of hydrogen-bond acceptors (Lipinski definition) is 8. The van der Waals surface area contributed by atoms with Crippen molar-refractivity contribution in [2.75, 3.05) is 26.2 Å². The van der Waals surface area contributed by atoms with E-state index in [1.165, 1.54) is 0 Å². The summed E-state index contributed by atoms with van der Waals surface area (Å²) in [4.78, 5) is 14.0. The Balaban J connectivity index is 0.00000324. The van der Waals surface area contributed by atoms with Gasteiger partial charge in [0, 0.05) is 13.1 Å². The number of nitrogens with zero attached hydrogens (tertiary/aromatic N) is 4. The van der Waals surface area contributed by atoms with Crippen molar-refractivity contribution in [2.24, 2.45) is 20.0 Å². The summed E-state index contributed by atoms with van der Waals surface area (Å²) in [5.74, 6) is -2.11. The first-order valence-corrected chi connectivity index (χ1v) is 5.39. The number of rotatable bonds is 0. The van der Waals surface area contributed by atoms with E-state index < -0.39 is 23.6 Å². The Kier molecular flexibility index (Phi) is 8.56. The third kappa shape index (κ3) is 8.17. The molecule has 0 unspecified atom stereocenters. The van der Waals surface area contributed by atoms with Gasteiger partial charge in [-0.2, -0.15) is 0 Å². The summed E-state index contributed by atoms with van der Waals surface area (Å²) in [5.41, 5.74) is 0. The molecule has 0 spiro atoms. The van der Waals surface area contributed by atoms with E-state index in [0.717, 1.165) is 0 Å². The van der Waals surface area contributed by atoms with E-state index in [4.69, 9.17) is 0 Å². The van der Waals surface area contributed by atoms with Gasteiger partial charge in [0.15, 0.2) is 0 Å². The van der Waals surface area contributed by atoms with E-state index in [-0.39, 0.29) is 56.1 Å². The fourth-order valence-corrected chi connectivity index (χ4v) is 1.12. The van der Waals surface area contributed by atoms with Crippen LogP contribution in [0.15, 0.2) is 20.0 Å². The van der Waals surface area contributed by atoms with Gasteiger partial charge in [0.05, 0.1) is 13.1 Å². The first-order valence-electron chi connectivity index (χ1n) is 5.39. The molecule has 0 saturated heterocycles. The predicted molar refractivity (Wildman–Crippen MR) is 58.4 cm³/mol. The number of aliphatic imine (C=N–C) groups is 4. The summed E-state index contributed by atoms with van der Waals surface area (Å²) in [6.45, 7) is -0.706.